The third-order valence-corrected chi connectivity index (χ3v) is 8.23. The average molecular weight is 584 g/mol. The number of benzene rings is 3. The highest BCUT2D eigenvalue weighted by atomic mass is 35.5. The van der Waals surface area contributed by atoms with Gasteiger partial charge in [-0.1, -0.05) is 73.1 Å². The second kappa shape index (κ2) is 13.8. The van der Waals surface area contributed by atoms with Gasteiger partial charge in [0.05, 0.1) is 11.9 Å². The minimum absolute atomic E-state index is 0.0966. The Morgan fingerprint density at radius 2 is 1.60 bits per heavy atom. The van der Waals surface area contributed by atoms with E-state index in [0.717, 1.165) is 39.2 Å². The van der Waals surface area contributed by atoms with Crippen LogP contribution in [0, 0.1) is 13.8 Å². The SMILES string of the molecule is CC[C@@H](C)NC(=O)[C@H](Cc1ccccc1)N(Cc1ccc(Cl)cc1)C(=O)CN(c1cc(C)ccc1C)S(C)(=O)=O. The molecule has 3 aromatic rings. The highest BCUT2D eigenvalue weighted by molar-refractivity contribution is 7.92. The molecule has 214 valence electrons. The molecule has 0 heterocycles. The summed E-state index contributed by atoms with van der Waals surface area (Å²) in [5.74, 6) is -0.778. The number of amides is 2. The van der Waals surface area contributed by atoms with Gasteiger partial charge in [-0.3, -0.25) is 13.9 Å². The molecular formula is C31H38ClN3O4S. The molecule has 0 bridgehead atoms. The van der Waals surface area contributed by atoms with E-state index in [0.29, 0.717) is 10.7 Å². The third-order valence-electron chi connectivity index (χ3n) is 6.85. The van der Waals surface area contributed by atoms with E-state index in [1.54, 1.807) is 37.3 Å². The molecule has 3 rings (SSSR count). The number of aryl methyl sites for hydroxylation is 2. The zero-order valence-electron chi connectivity index (χ0n) is 23.7. The Morgan fingerprint density at radius 3 is 2.20 bits per heavy atom. The summed E-state index contributed by atoms with van der Waals surface area (Å²) >= 11 is 6.10. The van der Waals surface area contributed by atoms with Gasteiger partial charge in [-0.05, 0) is 67.6 Å². The number of sulfonamides is 1. The Bertz CT molecular complexity index is 1410. The molecule has 0 saturated heterocycles. The molecule has 7 nitrogen and oxygen atoms in total. The molecule has 0 spiro atoms. The molecule has 2 atom stereocenters. The third kappa shape index (κ3) is 8.57. The van der Waals surface area contributed by atoms with Gasteiger partial charge in [0.1, 0.15) is 12.6 Å². The van der Waals surface area contributed by atoms with E-state index in [4.69, 9.17) is 11.6 Å². The second-order valence-corrected chi connectivity index (χ2v) is 12.6. The van der Waals surface area contributed by atoms with Crippen LogP contribution in [0.2, 0.25) is 5.02 Å². The fourth-order valence-corrected chi connectivity index (χ4v) is 5.39. The summed E-state index contributed by atoms with van der Waals surface area (Å²) in [4.78, 5) is 29.3. The van der Waals surface area contributed by atoms with Crippen molar-refractivity contribution in [1.82, 2.24) is 10.2 Å². The number of carbonyl (C=O) groups is 2. The molecular weight excluding hydrogens is 546 g/mol. The number of anilines is 1. The standard InChI is InChI=1S/C31H38ClN3O4S/c1-6-24(4)33-31(37)29(19-25-10-8-7-9-11-25)34(20-26-14-16-27(32)17-15-26)30(36)21-35(40(5,38)39)28-18-22(2)12-13-23(28)3/h7-18,24,29H,6,19-21H2,1-5H3,(H,33,37)/t24-,29+/m1/s1. The van der Waals surface area contributed by atoms with Crippen LogP contribution in [0.4, 0.5) is 5.69 Å². The molecule has 0 aliphatic heterocycles. The van der Waals surface area contributed by atoms with Crippen molar-refractivity contribution in [2.45, 2.75) is 59.2 Å². The van der Waals surface area contributed by atoms with Crippen molar-refractivity contribution in [3.63, 3.8) is 0 Å². The normalized spacial score (nSPS) is 12.8. The molecule has 2 amide bonds. The van der Waals surface area contributed by atoms with Crippen LogP contribution in [0.25, 0.3) is 0 Å². The number of hydrogen-bond acceptors (Lipinski definition) is 4. The first-order valence-corrected chi connectivity index (χ1v) is 15.5. The highest BCUT2D eigenvalue weighted by Crippen LogP contribution is 2.25. The highest BCUT2D eigenvalue weighted by Gasteiger charge is 2.33. The van der Waals surface area contributed by atoms with Gasteiger partial charge in [-0.15, -0.1) is 0 Å². The van der Waals surface area contributed by atoms with E-state index < -0.39 is 28.5 Å². The predicted molar refractivity (Wildman–Crippen MR) is 162 cm³/mol. The first-order valence-electron chi connectivity index (χ1n) is 13.3. The van der Waals surface area contributed by atoms with Gasteiger partial charge in [0.15, 0.2) is 0 Å². The fourth-order valence-electron chi connectivity index (χ4n) is 4.36. The number of nitrogens with zero attached hydrogens (tertiary/aromatic N) is 2. The van der Waals surface area contributed by atoms with Gasteiger partial charge in [0.2, 0.25) is 21.8 Å². The Hall–Kier alpha value is -3.36. The van der Waals surface area contributed by atoms with E-state index in [-0.39, 0.29) is 24.9 Å². The van der Waals surface area contributed by atoms with E-state index in [9.17, 15) is 18.0 Å². The molecule has 0 saturated carbocycles. The van der Waals surface area contributed by atoms with Crippen molar-refractivity contribution in [2.75, 3.05) is 17.1 Å². The number of hydrogen-bond donors (Lipinski definition) is 1. The summed E-state index contributed by atoms with van der Waals surface area (Å²) in [7, 11) is -3.82. The van der Waals surface area contributed by atoms with Crippen molar-refractivity contribution in [1.29, 1.82) is 0 Å². The van der Waals surface area contributed by atoms with E-state index in [1.807, 2.05) is 63.2 Å². The monoisotopic (exact) mass is 583 g/mol. The van der Waals surface area contributed by atoms with Crippen LogP contribution in [0.1, 0.15) is 42.5 Å². The Balaban J connectivity index is 2.08. The molecule has 0 fully saturated rings. The molecule has 0 radical (unpaired) electrons. The van der Waals surface area contributed by atoms with Crippen molar-refractivity contribution in [2.24, 2.45) is 0 Å². The topological polar surface area (TPSA) is 86.8 Å². The lowest BCUT2D eigenvalue weighted by atomic mass is 10.0. The first kappa shape index (κ1) is 31.2. The molecule has 0 unspecified atom stereocenters. The Kier molecular flexibility index (Phi) is 10.8. The van der Waals surface area contributed by atoms with Gasteiger partial charge < -0.3 is 10.2 Å². The minimum Gasteiger partial charge on any atom is -0.352 e. The largest absolute Gasteiger partial charge is 0.352 e. The lowest BCUT2D eigenvalue weighted by Crippen LogP contribution is -2.54. The zero-order chi connectivity index (χ0) is 29.4. The van der Waals surface area contributed by atoms with Crippen LogP contribution < -0.4 is 9.62 Å². The molecule has 9 heteroatoms. The molecule has 0 aromatic heterocycles. The van der Waals surface area contributed by atoms with Gasteiger partial charge in [0, 0.05) is 24.0 Å². The van der Waals surface area contributed by atoms with Crippen molar-refractivity contribution < 1.29 is 18.0 Å². The maximum atomic E-state index is 14.1. The quantitative estimate of drug-likeness (QED) is 0.314. The molecule has 3 aromatic carbocycles. The molecule has 0 aliphatic carbocycles. The zero-order valence-corrected chi connectivity index (χ0v) is 25.3. The van der Waals surface area contributed by atoms with Gasteiger partial charge >= 0.3 is 0 Å². The summed E-state index contributed by atoms with van der Waals surface area (Å²) in [6.45, 7) is 7.22. The number of nitrogens with one attached hydrogen (secondary N) is 1. The number of carbonyl (C=O) groups excluding carboxylic acids is 2. The van der Waals surface area contributed by atoms with Crippen molar-refractivity contribution in [3.8, 4) is 0 Å². The van der Waals surface area contributed by atoms with E-state index in [2.05, 4.69) is 5.32 Å². The summed E-state index contributed by atoms with van der Waals surface area (Å²) in [5.41, 5.74) is 3.68. The van der Waals surface area contributed by atoms with E-state index >= 15 is 0 Å². The van der Waals surface area contributed by atoms with Crippen LogP contribution in [0.5, 0.6) is 0 Å². The maximum absolute atomic E-state index is 14.1. The summed E-state index contributed by atoms with van der Waals surface area (Å²) in [6, 6.07) is 21.0. The minimum atomic E-state index is -3.82. The lowest BCUT2D eigenvalue weighted by Gasteiger charge is -2.34. The Morgan fingerprint density at radius 1 is 0.950 bits per heavy atom. The second-order valence-electron chi connectivity index (χ2n) is 10.2. The van der Waals surface area contributed by atoms with Crippen LogP contribution in [0.15, 0.2) is 72.8 Å². The maximum Gasteiger partial charge on any atom is 0.244 e. The Labute approximate surface area is 243 Å². The van der Waals surface area contributed by atoms with Crippen LogP contribution in [-0.4, -0.2) is 50.0 Å². The van der Waals surface area contributed by atoms with Gasteiger partial charge in [-0.25, -0.2) is 8.42 Å². The summed E-state index contributed by atoms with van der Waals surface area (Å²) < 4.78 is 27.1. The van der Waals surface area contributed by atoms with Crippen LogP contribution >= 0.6 is 11.6 Å². The summed E-state index contributed by atoms with van der Waals surface area (Å²) in [6.07, 6.45) is 2.08. The van der Waals surface area contributed by atoms with Gasteiger partial charge in [-0.2, -0.15) is 0 Å². The summed E-state index contributed by atoms with van der Waals surface area (Å²) in [5, 5.41) is 3.58. The van der Waals surface area contributed by atoms with Crippen LogP contribution in [0.3, 0.4) is 0 Å². The van der Waals surface area contributed by atoms with Crippen molar-refractivity contribution >= 4 is 39.1 Å². The van der Waals surface area contributed by atoms with E-state index in [1.165, 1.54) is 4.90 Å². The van der Waals surface area contributed by atoms with Crippen molar-refractivity contribution in [3.05, 3.63) is 100 Å². The first-order chi connectivity index (χ1) is 18.9. The van der Waals surface area contributed by atoms with Crippen LogP contribution in [-0.2, 0) is 32.6 Å². The molecule has 40 heavy (non-hydrogen) atoms. The smallest absolute Gasteiger partial charge is 0.244 e. The lowest BCUT2D eigenvalue weighted by molar-refractivity contribution is -0.140. The number of rotatable bonds is 12. The predicted octanol–water partition coefficient (Wildman–Crippen LogP) is 5.28. The fraction of sp³-hybridized carbons (Fsp3) is 0.355. The van der Waals surface area contributed by atoms with Gasteiger partial charge in [0.25, 0.3) is 0 Å². The molecule has 0 aliphatic rings. The number of halogens is 1. The molecule has 1 N–H and O–H groups in total. The average Bonchev–Trinajstić information content (AvgIpc) is 2.91.